The number of hydrogen-bond acceptors (Lipinski definition) is 3. The Kier molecular flexibility index (Phi) is 7.32. The molecule has 14 rings (SSSR count). The van der Waals surface area contributed by atoms with Gasteiger partial charge in [-0.1, -0.05) is 140 Å². The van der Waals surface area contributed by atoms with E-state index in [1.165, 1.54) is 146 Å². The molecule has 0 saturated heterocycles. The van der Waals surface area contributed by atoms with Gasteiger partial charge in [0.2, 0.25) is 0 Å². The molecule has 0 fully saturated rings. The van der Waals surface area contributed by atoms with E-state index < -0.39 is 0 Å². The molecule has 3 nitrogen and oxygen atoms in total. The number of para-hydroxylation sites is 3. The van der Waals surface area contributed by atoms with Gasteiger partial charge in [-0.15, -0.1) is 11.3 Å². The van der Waals surface area contributed by atoms with Crippen LogP contribution in [0.2, 0.25) is 0 Å². The van der Waals surface area contributed by atoms with Gasteiger partial charge in [-0.3, -0.25) is 0 Å². The molecule has 2 aliphatic carbocycles. The fraction of sp³-hybridized carbons (Fsp3) is 0.267. The minimum absolute atomic E-state index is 0.0216. The van der Waals surface area contributed by atoms with Crippen LogP contribution < -0.4 is 25.5 Å². The second kappa shape index (κ2) is 12.4. The second-order valence-electron chi connectivity index (χ2n) is 22.6. The second-order valence-corrected chi connectivity index (χ2v) is 23.6. The van der Waals surface area contributed by atoms with Crippen molar-refractivity contribution < 1.29 is 0 Å². The molecule has 0 unspecified atom stereocenters. The average molecular weight is 860 g/mol. The first kappa shape index (κ1) is 38.3. The molecule has 65 heavy (non-hydrogen) atoms. The van der Waals surface area contributed by atoms with Crippen LogP contribution in [0.25, 0.3) is 48.2 Å². The maximum atomic E-state index is 2.78. The standard InChI is InChI=1S/C60H54BN3S/c1-57(2)28-29-58(3,4)41-32-36(26-27-40(41)57)62-47-34-43-42(59(5,6)30-31-60(43,7)8)33-44(47)61-51-54(62)49-37-20-12-15-23-45(37)64-46-24-16-13-21-38(46)50(53(49)64)55(51)63(35-18-10-9-11-19-35)52-39-22-14-17-25-48(39)65-56(52)61/h9-27,32-34H,28-31H2,1-8H3. The SMILES string of the molecule is CC1(C)CCC(C)(C)c2cc(N3c4cc5c(cc4B4c6sc7ccccc7c6N(c6ccccc6)c6c4c3c3c4ccccc4n4c7ccccc7c6c34)C(C)(C)CCC5(C)C)ccc21. The lowest BCUT2D eigenvalue weighted by Gasteiger charge is -2.47. The van der Waals surface area contributed by atoms with E-state index in [2.05, 4.69) is 203 Å². The Morgan fingerprint density at radius 2 is 0.985 bits per heavy atom. The molecule has 0 spiro atoms. The fourth-order valence-corrected chi connectivity index (χ4v) is 14.7. The van der Waals surface area contributed by atoms with Gasteiger partial charge in [0.1, 0.15) is 0 Å². The Hall–Kier alpha value is -6.04. The Balaban J connectivity index is 1.25. The van der Waals surface area contributed by atoms with E-state index >= 15 is 0 Å². The van der Waals surface area contributed by atoms with Gasteiger partial charge in [-0.05, 0) is 129 Å². The van der Waals surface area contributed by atoms with Crippen LogP contribution in [0, 0.1) is 0 Å². The Labute approximate surface area is 386 Å². The van der Waals surface area contributed by atoms with Crippen LogP contribution in [0.3, 0.4) is 0 Å². The molecule has 5 heteroatoms. The first-order chi connectivity index (χ1) is 31.3. The summed E-state index contributed by atoms with van der Waals surface area (Å²) in [4.78, 5) is 5.47. The normalized spacial score (nSPS) is 18.6. The summed E-state index contributed by atoms with van der Waals surface area (Å²) in [6, 6.07) is 52.0. The van der Waals surface area contributed by atoms with E-state index in [1.807, 2.05) is 11.3 Å². The van der Waals surface area contributed by atoms with Crippen LogP contribution >= 0.6 is 11.3 Å². The molecule has 4 aliphatic rings. The largest absolute Gasteiger partial charge is 0.311 e. The summed E-state index contributed by atoms with van der Waals surface area (Å²) >= 11 is 2.01. The maximum Gasteiger partial charge on any atom is 0.264 e. The van der Waals surface area contributed by atoms with Crippen molar-refractivity contribution in [1.29, 1.82) is 0 Å². The van der Waals surface area contributed by atoms with Gasteiger partial charge >= 0.3 is 0 Å². The smallest absolute Gasteiger partial charge is 0.264 e. The fourth-order valence-electron chi connectivity index (χ4n) is 13.3. The predicted octanol–water partition coefficient (Wildman–Crippen LogP) is 14.8. The maximum absolute atomic E-state index is 2.78. The lowest BCUT2D eigenvalue weighted by Crippen LogP contribution is -2.61. The van der Waals surface area contributed by atoms with Crippen molar-refractivity contribution in [2.24, 2.45) is 0 Å². The van der Waals surface area contributed by atoms with Crippen LogP contribution in [-0.2, 0) is 21.7 Å². The molecule has 7 aromatic carbocycles. The van der Waals surface area contributed by atoms with Crippen molar-refractivity contribution in [2.75, 3.05) is 9.80 Å². The Morgan fingerprint density at radius 3 is 1.63 bits per heavy atom. The summed E-state index contributed by atoms with van der Waals surface area (Å²) in [5.74, 6) is 0. The molecule has 318 valence electrons. The van der Waals surface area contributed by atoms with E-state index in [1.54, 1.807) is 0 Å². The van der Waals surface area contributed by atoms with Crippen molar-refractivity contribution in [2.45, 2.75) is 103 Å². The van der Waals surface area contributed by atoms with Gasteiger partial charge < -0.3 is 14.2 Å². The minimum atomic E-state index is 0.0216. The number of fused-ring (bicyclic) bond motifs is 16. The Bertz CT molecular complexity index is 3700. The minimum Gasteiger partial charge on any atom is -0.311 e. The van der Waals surface area contributed by atoms with Crippen LogP contribution in [0.4, 0.5) is 34.1 Å². The lowest BCUT2D eigenvalue weighted by molar-refractivity contribution is 0.332. The Morgan fingerprint density at radius 1 is 0.462 bits per heavy atom. The third-order valence-electron chi connectivity index (χ3n) is 17.0. The van der Waals surface area contributed by atoms with Crippen LogP contribution in [0.5, 0.6) is 0 Å². The number of anilines is 6. The summed E-state index contributed by atoms with van der Waals surface area (Å²) < 4.78 is 5.38. The zero-order chi connectivity index (χ0) is 44.1. The highest BCUT2D eigenvalue weighted by Crippen LogP contribution is 2.58. The number of nitrogens with zero attached hydrogens (tertiary/aromatic N) is 3. The average Bonchev–Trinajstić information content (AvgIpc) is 3.97. The molecule has 0 atom stereocenters. The molecule has 3 aromatic heterocycles. The van der Waals surface area contributed by atoms with Gasteiger partial charge in [0.25, 0.3) is 6.71 Å². The number of thiophene rings is 1. The quantitative estimate of drug-likeness (QED) is 0.160. The summed E-state index contributed by atoms with van der Waals surface area (Å²) in [5.41, 5.74) is 20.8. The molecule has 2 aliphatic heterocycles. The van der Waals surface area contributed by atoms with Gasteiger partial charge in [0.05, 0.1) is 33.6 Å². The van der Waals surface area contributed by atoms with E-state index in [-0.39, 0.29) is 28.4 Å². The van der Waals surface area contributed by atoms with Crippen molar-refractivity contribution >= 4 is 116 Å². The van der Waals surface area contributed by atoms with Gasteiger partial charge in [-0.25, -0.2) is 0 Å². The molecule has 5 heterocycles. The lowest BCUT2D eigenvalue weighted by atomic mass is 9.35. The van der Waals surface area contributed by atoms with E-state index in [0.29, 0.717) is 0 Å². The summed E-state index contributed by atoms with van der Waals surface area (Å²) in [6.45, 7) is 19.9. The van der Waals surface area contributed by atoms with Crippen LogP contribution in [0.1, 0.15) is 103 Å². The molecular weight excluding hydrogens is 806 g/mol. The van der Waals surface area contributed by atoms with Crippen molar-refractivity contribution in [3.63, 3.8) is 0 Å². The van der Waals surface area contributed by atoms with Crippen molar-refractivity contribution in [3.05, 3.63) is 156 Å². The van der Waals surface area contributed by atoms with Gasteiger partial charge in [0, 0.05) is 53.5 Å². The molecular formula is C60H54BN3S. The zero-order valence-electron chi connectivity index (χ0n) is 38.9. The first-order valence-electron chi connectivity index (χ1n) is 24.0. The monoisotopic (exact) mass is 859 g/mol. The van der Waals surface area contributed by atoms with Crippen molar-refractivity contribution in [3.8, 4) is 0 Å². The van der Waals surface area contributed by atoms with E-state index in [0.717, 1.165) is 0 Å². The third kappa shape index (κ3) is 4.83. The number of rotatable bonds is 2. The van der Waals surface area contributed by atoms with Gasteiger partial charge in [-0.2, -0.15) is 0 Å². The van der Waals surface area contributed by atoms with Gasteiger partial charge in [0.15, 0.2) is 0 Å². The van der Waals surface area contributed by atoms with Crippen molar-refractivity contribution in [1.82, 2.24) is 4.40 Å². The number of hydrogen-bond donors (Lipinski definition) is 0. The summed E-state index contributed by atoms with van der Waals surface area (Å²) in [7, 11) is 0. The van der Waals surface area contributed by atoms with Crippen LogP contribution in [-0.4, -0.2) is 11.1 Å². The highest BCUT2D eigenvalue weighted by Gasteiger charge is 2.50. The number of aromatic nitrogens is 1. The first-order valence-corrected chi connectivity index (χ1v) is 24.8. The topological polar surface area (TPSA) is 10.9 Å². The molecule has 0 saturated carbocycles. The molecule has 0 amide bonds. The molecule has 0 radical (unpaired) electrons. The summed E-state index contributed by atoms with van der Waals surface area (Å²) in [5, 5.41) is 6.65. The molecule has 0 N–H and O–H groups in total. The highest BCUT2D eigenvalue weighted by atomic mass is 32.1. The summed E-state index contributed by atoms with van der Waals surface area (Å²) in [6.07, 6.45) is 4.71. The van der Waals surface area contributed by atoms with Crippen LogP contribution in [0.15, 0.2) is 133 Å². The van der Waals surface area contributed by atoms with E-state index in [9.17, 15) is 0 Å². The van der Waals surface area contributed by atoms with E-state index in [4.69, 9.17) is 0 Å². The molecule has 10 aromatic rings. The number of benzene rings is 7. The third-order valence-corrected chi connectivity index (χ3v) is 18.2. The zero-order valence-corrected chi connectivity index (χ0v) is 39.7. The highest BCUT2D eigenvalue weighted by molar-refractivity contribution is 7.33. The predicted molar refractivity (Wildman–Crippen MR) is 281 cm³/mol. The molecule has 0 bridgehead atoms.